The number of aromatic nitrogens is 1. The Bertz CT molecular complexity index is 873. The molecule has 1 aliphatic heterocycles. The number of thiazole rings is 1. The molecular formula is C15H16N2O4S2. The van der Waals surface area contributed by atoms with Crippen molar-refractivity contribution in [1.82, 2.24) is 9.71 Å². The minimum atomic E-state index is -3.94. The van der Waals surface area contributed by atoms with Gasteiger partial charge in [0.2, 0.25) is 0 Å². The molecule has 0 unspecified atom stereocenters. The molecule has 1 aliphatic rings. The summed E-state index contributed by atoms with van der Waals surface area (Å²) in [5.74, 6) is -0.271. The Morgan fingerprint density at radius 1 is 1.30 bits per heavy atom. The van der Waals surface area contributed by atoms with Gasteiger partial charge in [0.25, 0.3) is 15.9 Å². The van der Waals surface area contributed by atoms with Crippen LogP contribution in [0.2, 0.25) is 0 Å². The van der Waals surface area contributed by atoms with E-state index >= 15 is 0 Å². The number of nitrogens with one attached hydrogen (secondary N) is 1. The third-order valence-electron chi connectivity index (χ3n) is 3.72. The largest absolute Gasteiger partial charge is 0.480 e. The van der Waals surface area contributed by atoms with E-state index in [4.69, 9.17) is 4.74 Å². The summed E-state index contributed by atoms with van der Waals surface area (Å²) in [6.07, 6.45) is -0.864. The lowest BCUT2D eigenvalue weighted by atomic mass is 9.97. The zero-order chi connectivity index (χ0) is 16.8. The van der Waals surface area contributed by atoms with Crippen molar-refractivity contribution >= 4 is 27.3 Å². The van der Waals surface area contributed by atoms with Gasteiger partial charge in [-0.05, 0) is 19.9 Å². The Balaban J connectivity index is 1.82. The summed E-state index contributed by atoms with van der Waals surface area (Å²) in [5, 5.41) is 0.633. The fourth-order valence-electron chi connectivity index (χ4n) is 2.65. The average molecular weight is 352 g/mol. The highest BCUT2D eigenvalue weighted by molar-refractivity contribution is 7.92. The standard InChI is InChI=1S/C15H16N2O4S2/c1-8-11-6-4-5-7-12(11)21-13(8)14(18)17-23(19,20)15-9(2)16-10(3)22-15/h4-8,13H,1-3H3,(H,17,18)/t8-,13-/m0/s1. The topological polar surface area (TPSA) is 85.4 Å². The number of nitrogens with zero attached hydrogens (tertiary/aromatic N) is 1. The van der Waals surface area contributed by atoms with Crippen LogP contribution in [0.4, 0.5) is 0 Å². The lowest BCUT2D eigenvalue weighted by Crippen LogP contribution is -2.41. The van der Waals surface area contributed by atoms with Crippen LogP contribution in [0.15, 0.2) is 28.5 Å². The van der Waals surface area contributed by atoms with Crippen molar-refractivity contribution in [2.75, 3.05) is 0 Å². The smallest absolute Gasteiger partial charge is 0.275 e. The molecule has 0 fully saturated rings. The number of para-hydroxylation sites is 1. The van der Waals surface area contributed by atoms with Crippen molar-refractivity contribution in [3.05, 3.63) is 40.5 Å². The molecule has 2 aromatic rings. The van der Waals surface area contributed by atoms with Gasteiger partial charge in [-0.1, -0.05) is 25.1 Å². The van der Waals surface area contributed by atoms with Crippen LogP contribution in [0.3, 0.4) is 0 Å². The molecule has 3 rings (SSSR count). The average Bonchev–Trinajstić information content (AvgIpc) is 2.99. The predicted octanol–water partition coefficient (Wildman–Crippen LogP) is 2.13. The summed E-state index contributed by atoms with van der Waals surface area (Å²) in [7, 11) is -3.94. The fraction of sp³-hybridized carbons (Fsp3) is 0.333. The SMILES string of the molecule is Cc1nc(C)c(S(=O)(=O)NC(=O)[C@H]2Oc3ccccc3[C@@H]2C)s1. The molecule has 6 nitrogen and oxygen atoms in total. The fourth-order valence-corrected chi connectivity index (χ4v) is 5.12. The van der Waals surface area contributed by atoms with Crippen LogP contribution in [0.25, 0.3) is 0 Å². The molecule has 0 saturated carbocycles. The molecule has 2 heterocycles. The number of aryl methyl sites for hydroxylation is 2. The number of ether oxygens (including phenoxy) is 1. The Morgan fingerprint density at radius 2 is 2.00 bits per heavy atom. The summed E-state index contributed by atoms with van der Waals surface area (Å²) >= 11 is 1.04. The molecule has 23 heavy (non-hydrogen) atoms. The molecule has 0 radical (unpaired) electrons. The van der Waals surface area contributed by atoms with Crippen LogP contribution in [0.1, 0.15) is 29.1 Å². The predicted molar refractivity (Wildman–Crippen MR) is 86.2 cm³/mol. The minimum absolute atomic E-state index is 0.0616. The number of sulfonamides is 1. The number of rotatable bonds is 3. The van der Waals surface area contributed by atoms with Gasteiger partial charge in [0.1, 0.15) is 5.75 Å². The van der Waals surface area contributed by atoms with E-state index in [1.807, 2.05) is 25.1 Å². The summed E-state index contributed by atoms with van der Waals surface area (Å²) in [5.41, 5.74) is 1.28. The van der Waals surface area contributed by atoms with Crippen molar-refractivity contribution in [2.45, 2.75) is 37.0 Å². The third-order valence-corrected chi connectivity index (χ3v) is 6.75. The Morgan fingerprint density at radius 3 is 2.61 bits per heavy atom. The Hall–Kier alpha value is -1.93. The van der Waals surface area contributed by atoms with E-state index in [0.29, 0.717) is 16.5 Å². The van der Waals surface area contributed by atoms with Crippen LogP contribution >= 0.6 is 11.3 Å². The first kappa shape index (κ1) is 15.9. The van der Waals surface area contributed by atoms with Crippen LogP contribution in [-0.4, -0.2) is 25.4 Å². The molecule has 122 valence electrons. The monoisotopic (exact) mass is 352 g/mol. The molecule has 1 aromatic carbocycles. The third kappa shape index (κ3) is 2.84. The highest BCUT2D eigenvalue weighted by atomic mass is 32.2. The van der Waals surface area contributed by atoms with Gasteiger partial charge in [-0.2, -0.15) is 0 Å². The van der Waals surface area contributed by atoms with Crippen molar-refractivity contribution < 1.29 is 17.9 Å². The number of carbonyl (C=O) groups excluding carboxylic acids is 1. The summed E-state index contributed by atoms with van der Waals surface area (Å²) < 4.78 is 32.6. The van der Waals surface area contributed by atoms with Gasteiger partial charge in [0.15, 0.2) is 10.3 Å². The van der Waals surface area contributed by atoms with E-state index in [1.165, 1.54) is 0 Å². The van der Waals surface area contributed by atoms with Gasteiger partial charge in [-0.25, -0.2) is 18.1 Å². The number of carbonyl (C=O) groups is 1. The highest BCUT2D eigenvalue weighted by Gasteiger charge is 2.38. The van der Waals surface area contributed by atoms with Crippen molar-refractivity contribution in [3.8, 4) is 5.75 Å². The molecule has 0 saturated heterocycles. The number of hydrogen-bond acceptors (Lipinski definition) is 6. The second kappa shape index (κ2) is 5.61. The van der Waals surface area contributed by atoms with E-state index < -0.39 is 22.0 Å². The maximum Gasteiger partial charge on any atom is 0.275 e. The lowest BCUT2D eigenvalue weighted by Gasteiger charge is -2.15. The maximum absolute atomic E-state index is 12.4. The van der Waals surface area contributed by atoms with Crippen molar-refractivity contribution in [3.63, 3.8) is 0 Å². The normalized spacial score (nSPS) is 20.0. The zero-order valence-corrected chi connectivity index (χ0v) is 14.5. The molecule has 0 aliphatic carbocycles. The van der Waals surface area contributed by atoms with Gasteiger partial charge in [-0.3, -0.25) is 4.79 Å². The first-order chi connectivity index (χ1) is 10.8. The molecule has 1 N–H and O–H groups in total. The van der Waals surface area contributed by atoms with Gasteiger partial charge in [-0.15, -0.1) is 11.3 Å². The van der Waals surface area contributed by atoms with E-state index in [2.05, 4.69) is 9.71 Å². The van der Waals surface area contributed by atoms with Crippen molar-refractivity contribution in [1.29, 1.82) is 0 Å². The zero-order valence-electron chi connectivity index (χ0n) is 12.9. The van der Waals surface area contributed by atoms with E-state index in [0.717, 1.165) is 16.9 Å². The lowest BCUT2D eigenvalue weighted by molar-refractivity contribution is -0.126. The molecule has 1 amide bonds. The van der Waals surface area contributed by atoms with Gasteiger partial charge >= 0.3 is 0 Å². The molecular weight excluding hydrogens is 336 g/mol. The highest BCUT2D eigenvalue weighted by Crippen LogP contribution is 2.37. The maximum atomic E-state index is 12.4. The number of amides is 1. The number of fused-ring (bicyclic) bond motifs is 1. The summed E-state index contributed by atoms with van der Waals surface area (Å²) in [6.45, 7) is 5.16. The first-order valence-corrected chi connectivity index (χ1v) is 9.36. The minimum Gasteiger partial charge on any atom is -0.480 e. The van der Waals surface area contributed by atoms with Gasteiger partial charge in [0.05, 0.1) is 10.7 Å². The first-order valence-electron chi connectivity index (χ1n) is 7.06. The molecule has 2 atom stereocenters. The number of hydrogen-bond donors (Lipinski definition) is 1. The van der Waals surface area contributed by atoms with Gasteiger partial charge in [0, 0.05) is 11.5 Å². The van der Waals surface area contributed by atoms with Crippen LogP contribution in [0.5, 0.6) is 5.75 Å². The molecule has 8 heteroatoms. The van der Waals surface area contributed by atoms with E-state index in [9.17, 15) is 13.2 Å². The number of benzene rings is 1. The van der Waals surface area contributed by atoms with Crippen LogP contribution in [-0.2, 0) is 14.8 Å². The Kier molecular flexibility index (Phi) is 3.89. The summed E-state index contributed by atoms with van der Waals surface area (Å²) in [4.78, 5) is 16.5. The quantitative estimate of drug-likeness (QED) is 0.915. The van der Waals surface area contributed by atoms with Crippen molar-refractivity contribution in [2.24, 2.45) is 0 Å². The second-order valence-corrected chi connectivity index (χ2v) is 8.52. The van der Waals surface area contributed by atoms with E-state index in [1.54, 1.807) is 19.9 Å². The molecule has 1 aromatic heterocycles. The summed E-state index contributed by atoms with van der Waals surface area (Å²) in [6, 6.07) is 7.31. The molecule has 0 spiro atoms. The van der Waals surface area contributed by atoms with Crippen LogP contribution in [0, 0.1) is 13.8 Å². The second-order valence-electron chi connectivity index (χ2n) is 5.44. The van der Waals surface area contributed by atoms with E-state index in [-0.39, 0.29) is 10.1 Å². The van der Waals surface area contributed by atoms with Crippen LogP contribution < -0.4 is 9.46 Å². The molecule has 0 bridgehead atoms. The van der Waals surface area contributed by atoms with Gasteiger partial charge < -0.3 is 4.74 Å². The Labute approximate surface area is 138 Å².